The number of esters is 1. The highest BCUT2D eigenvalue weighted by Crippen LogP contribution is 2.18. The Morgan fingerprint density at radius 2 is 1.75 bits per heavy atom. The number of amides is 1. The minimum absolute atomic E-state index is 0.201. The molecule has 0 fully saturated rings. The summed E-state index contributed by atoms with van der Waals surface area (Å²) in [7, 11) is 0. The van der Waals surface area contributed by atoms with Gasteiger partial charge in [-0.15, -0.1) is 0 Å². The maximum Gasteiger partial charge on any atom is 0.338 e. The van der Waals surface area contributed by atoms with Gasteiger partial charge in [0.15, 0.2) is 0 Å². The molecule has 3 aromatic rings. The van der Waals surface area contributed by atoms with Crippen LogP contribution in [-0.4, -0.2) is 23.5 Å². The number of hydrogen-bond donors (Lipinski definition) is 2. The first-order valence-corrected chi connectivity index (χ1v) is 8.62. The van der Waals surface area contributed by atoms with Crippen molar-refractivity contribution in [2.45, 2.75) is 6.92 Å². The van der Waals surface area contributed by atoms with Crippen molar-refractivity contribution in [2.75, 3.05) is 17.2 Å². The highest BCUT2D eigenvalue weighted by atomic mass is 19.1. The molecule has 0 bridgehead atoms. The zero-order valence-corrected chi connectivity index (χ0v) is 15.1. The molecule has 28 heavy (non-hydrogen) atoms. The highest BCUT2D eigenvalue weighted by Gasteiger charge is 2.09. The number of halogens is 1. The van der Waals surface area contributed by atoms with Crippen molar-refractivity contribution >= 4 is 28.9 Å². The summed E-state index contributed by atoms with van der Waals surface area (Å²) in [6.45, 7) is 2.08. The first kappa shape index (κ1) is 19.0. The summed E-state index contributed by atoms with van der Waals surface area (Å²) >= 11 is 0. The van der Waals surface area contributed by atoms with E-state index in [4.69, 9.17) is 4.74 Å². The van der Waals surface area contributed by atoms with Gasteiger partial charge in [0.1, 0.15) is 11.5 Å². The molecule has 0 saturated carbocycles. The lowest BCUT2D eigenvalue weighted by atomic mass is 10.2. The Labute approximate surface area is 161 Å². The van der Waals surface area contributed by atoms with Gasteiger partial charge in [0, 0.05) is 11.4 Å². The second-order valence-corrected chi connectivity index (χ2v) is 5.82. The van der Waals surface area contributed by atoms with Crippen LogP contribution in [0.25, 0.3) is 0 Å². The molecule has 0 radical (unpaired) electrons. The Morgan fingerprint density at radius 1 is 1.00 bits per heavy atom. The molecule has 2 aromatic carbocycles. The molecule has 0 atom stereocenters. The number of rotatable bonds is 6. The Kier molecular flexibility index (Phi) is 5.96. The molecule has 1 heterocycles. The van der Waals surface area contributed by atoms with E-state index in [1.165, 1.54) is 24.4 Å². The first-order valence-electron chi connectivity index (χ1n) is 8.62. The van der Waals surface area contributed by atoms with Gasteiger partial charge in [0.25, 0.3) is 5.91 Å². The van der Waals surface area contributed by atoms with Gasteiger partial charge in [-0.3, -0.25) is 4.79 Å². The number of nitrogens with one attached hydrogen (secondary N) is 2. The fourth-order valence-corrected chi connectivity index (χ4v) is 2.43. The summed E-state index contributed by atoms with van der Waals surface area (Å²) in [6, 6.07) is 15.7. The van der Waals surface area contributed by atoms with E-state index in [0.29, 0.717) is 23.5 Å². The van der Waals surface area contributed by atoms with Crippen LogP contribution in [0.3, 0.4) is 0 Å². The van der Waals surface area contributed by atoms with Crippen molar-refractivity contribution in [2.24, 2.45) is 0 Å². The number of ether oxygens (including phenoxy) is 1. The van der Waals surface area contributed by atoms with Crippen molar-refractivity contribution in [3.05, 3.63) is 83.9 Å². The second-order valence-electron chi connectivity index (χ2n) is 5.82. The Bertz CT molecular complexity index is 973. The van der Waals surface area contributed by atoms with E-state index in [-0.39, 0.29) is 11.7 Å². The number of anilines is 3. The number of aromatic nitrogens is 1. The van der Waals surface area contributed by atoms with Crippen molar-refractivity contribution in [3.8, 4) is 0 Å². The van der Waals surface area contributed by atoms with Gasteiger partial charge in [-0.2, -0.15) is 0 Å². The molecule has 0 aliphatic rings. The minimum atomic E-state index is -0.434. The topological polar surface area (TPSA) is 80.3 Å². The van der Waals surface area contributed by atoms with Crippen LogP contribution >= 0.6 is 0 Å². The standard InChI is InChI=1S/C21H18FN3O3/c1-2-28-21(27)14-6-8-16(9-7-14)24-18-10-11-19(23-13-18)20(26)25-17-5-3-4-15(22)12-17/h3-13,24H,2H2,1H3,(H,25,26). The first-order chi connectivity index (χ1) is 13.5. The molecule has 0 unspecified atom stereocenters. The molecule has 0 spiro atoms. The number of nitrogens with zero attached hydrogens (tertiary/aromatic N) is 1. The van der Waals surface area contributed by atoms with Crippen LogP contribution in [0.15, 0.2) is 66.9 Å². The monoisotopic (exact) mass is 379 g/mol. The van der Waals surface area contributed by atoms with Crippen LogP contribution in [0.2, 0.25) is 0 Å². The van der Waals surface area contributed by atoms with E-state index in [9.17, 15) is 14.0 Å². The maximum atomic E-state index is 13.2. The van der Waals surface area contributed by atoms with Crippen LogP contribution < -0.4 is 10.6 Å². The highest BCUT2D eigenvalue weighted by molar-refractivity contribution is 6.03. The average Bonchev–Trinajstić information content (AvgIpc) is 2.69. The molecule has 2 N–H and O–H groups in total. The van der Waals surface area contributed by atoms with Gasteiger partial charge in [0.05, 0.1) is 24.1 Å². The molecule has 1 amide bonds. The van der Waals surface area contributed by atoms with Gasteiger partial charge in [-0.1, -0.05) is 6.07 Å². The van der Waals surface area contributed by atoms with Crippen molar-refractivity contribution in [1.82, 2.24) is 4.98 Å². The van der Waals surface area contributed by atoms with Gasteiger partial charge in [0.2, 0.25) is 0 Å². The summed E-state index contributed by atoms with van der Waals surface area (Å²) in [5.41, 5.74) is 2.45. The predicted octanol–water partition coefficient (Wildman–Crippen LogP) is 4.39. The lowest BCUT2D eigenvalue weighted by Gasteiger charge is -2.08. The van der Waals surface area contributed by atoms with E-state index in [2.05, 4.69) is 15.6 Å². The molecule has 1 aromatic heterocycles. The number of benzene rings is 2. The third-order valence-electron chi connectivity index (χ3n) is 3.76. The quantitative estimate of drug-likeness (QED) is 0.621. The van der Waals surface area contributed by atoms with Crippen molar-refractivity contribution in [3.63, 3.8) is 0 Å². The molecule has 0 aliphatic heterocycles. The fourth-order valence-electron chi connectivity index (χ4n) is 2.43. The van der Waals surface area contributed by atoms with Crippen LogP contribution in [0.5, 0.6) is 0 Å². The maximum absolute atomic E-state index is 13.2. The Morgan fingerprint density at radius 3 is 2.39 bits per heavy atom. The van der Waals surface area contributed by atoms with E-state index in [0.717, 1.165) is 5.69 Å². The van der Waals surface area contributed by atoms with E-state index < -0.39 is 11.7 Å². The summed E-state index contributed by atoms with van der Waals surface area (Å²) in [4.78, 5) is 28.0. The molecule has 7 heteroatoms. The van der Waals surface area contributed by atoms with Gasteiger partial charge in [-0.25, -0.2) is 14.2 Å². The average molecular weight is 379 g/mol. The second kappa shape index (κ2) is 8.77. The zero-order valence-electron chi connectivity index (χ0n) is 15.1. The Hall–Kier alpha value is -3.74. The third-order valence-corrected chi connectivity index (χ3v) is 3.76. The van der Waals surface area contributed by atoms with Gasteiger partial charge in [-0.05, 0) is 61.5 Å². The van der Waals surface area contributed by atoms with Crippen LogP contribution in [0, 0.1) is 5.82 Å². The van der Waals surface area contributed by atoms with E-state index >= 15 is 0 Å². The molecule has 142 valence electrons. The molecule has 0 saturated heterocycles. The van der Waals surface area contributed by atoms with Gasteiger partial charge < -0.3 is 15.4 Å². The van der Waals surface area contributed by atoms with Crippen LogP contribution in [0.1, 0.15) is 27.8 Å². The van der Waals surface area contributed by atoms with E-state index in [1.54, 1.807) is 49.4 Å². The Balaban J connectivity index is 1.62. The summed E-state index contributed by atoms with van der Waals surface area (Å²) < 4.78 is 18.1. The summed E-state index contributed by atoms with van der Waals surface area (Å²) in [5.74, 6) is -1.24. The van der Waals surface area contributed by atoms with E-state index in [1.807, 2.05) is 0 Å². The third kappa shape index (κ3) is 4.91. The number of pyridine rings is 1. The minimum Gasteiger partial charge on any atom is -0.462 e. The van der Waals surface area contributed by atoms with Crippen LogP contribution in [-0.2, 0) is 4.74 Å². The number of carbonyl (C=O) groups is 2. The lowest BCUT2D eigenvalue weighted by Crippen LogP contribution is -2.13. The van der Waals surface area contributed by atoms with Crippen LogP contribution in [0.4, 0.5) is 21.5 Å². The normalized spacial score (nSPS) is 10.2. The molecular formula is C21H18FN3O3. The summed E-state index contributed by atoms with van der Waals surface area (Å²) in [5, 5.41) is 5.72. The number of carbonyl (C=O) groups excluding carboxylic acids is 2. The zero-order chi connectivity index (χ0) is 19.9. The SMILES string of the molecule is CCOC(=O)c1ccc(Nc2ccc(C(=O)Nc3cccc(F)c3)nc2)cc1. The van der Waals surface area contributed by atoms with Crippen molar-refractivity contribution < 1.29 is 18.7 Å². The molecule has 3 rings (SSSR count). The number of hydrogen-bond acceptors (Lipinski definition) is 5. The molecule has 6 nitrogen and oxygen atoms in total. The molecule has 0 aliphatic carbocycles. The molecular weight excluding hydrogens is 361 g/mol. The summed E-state index contributed by atoms with van der Waals surface area (Å²) in [6.07, 6.45) is 1.51. The lowest BCUT2D eigenvalue weighted by molar-refractivity contribution is 0.0526. The predicted molar refractivity (Wildman–Crippen MR) is 104 cm³/mol. The largest absolute Gasteiger partial charge is 0.462 e. The smallest absolute Gasteiger partial charge is 0.338 e. The fraction of sp³-hybridized carbons (Fsp3) is 0.0952. The van der Waals surface area contributed by atoms with Gasteiger partial charge >= 0.3 is 5.97 Å². The van der Waals surface area contributed by atoms with Crippen molar-refractivity contribution in [1.29, 1.82) is 0 Å².